The molecule has 12 aromatic rings. The molecule has 1 spiro atoms. The van der Waals surface area contributed by atoms with Gasteiger partial charge in [-0.3, -0.25) is 0 Å². The molecule has 72 heavy (non-hydrogen) atoms. The lowest BCUT2D eigenvalue weighted by Crippen LogP contribution is -2.24. The van der Waals surface area contributed by atoms with E-state index in [1.807, 2.05) is 0 Å². The molecule has 2 nitrogen and oxygen atoms in total. The standard InChI is InChI=1S/C70H49NO/c1-69(2)62-26-11-8-21-56(62)59-24-13-23-58(67(59)69)54-19-7-6-17-51(54)45-29-34-48(35-30-45)71(50-38-40-57-55-20-9-12-27-63(55)70(64(57)43-50)42-41-47-16-4-10-25-61(47)70)49-36-31-46(32-37-49)52-22-14-28-65-66(52)60-39-33-44-15-3-5-18-53(44)68(60)72-65/h3-40,43H,41-42H2,1-2H3. The highest BCUT2D eigenvalue weighted by Crippen LogP contribution is 2.59. The van der Waals surface area contributed by atoms with Crippen molar-refractivity contribution in [3.8, 4) is 55.6 Å². The van der Waals surface area contributed by atoms with Crippen LogP contribution in [0.1, 0.15) is 53.6 Å². The van der Waals surface area contributed by atoms with Crippen molar-refractivity contribution in [1.82, 2.24) is 0 Å². The zero-order valence-electron chi connectivity index (χ0n) is 40.3. The van der Waals surface area contributed by atoms with Gasteiger partial charge in [0.1, 0.15) is 11.2 Å². The van der Waals surface area contributed by atoms with E-state index < -0.39 is 0 Å². The van der Waals surface area contributed by atoms with Crippen LogP contribution in [0.4, 0.5) is 17.1 Å². The lowest BCUT2D eigenvalue weighted by Gasteiger charge is -2.31. The first kappa shape index (κ1) is 41.1. The molecule has 0 saturated heterocycles. The van der Waals surface area contributed by atoms with E-state index in [1.165, 1.54) is 83.3 Å². The molecule has 1 atom stereocenters. The summed E-state index contributed by atoms with van der Waals surface area (Å²) in [5.41, 5.74) is 26.0. The maximum absolute atomic E-state index is 6.63. The van der Waals surface area contributed by atoms with Crippen molar-refractivity contribution in [2.75, 3.05) is 4.90 Å². The first-order chi connectivity index (χ1) is 35.5. The Kier molecular flexibility index (Phi) is 8.78. The molecule has 1 heterocycles. The zero-order chi connectivity index (χ0) is 47.7. The second-order valence-electron chi connectivity index (χ2n) is 20.7. The number of fused-ring (bicyclic) bond motifs is 15. The third-order valence-electron chi connectivity index (χ3n) is 16.7. The van der Waals surface area contributed by atoms with Crippen molar-refractivity contribution in [3.05, 3.63) is 270 Å². The molecule has 0 amide bonds. The van der Waals surface area contributed by atoms with Crippen LogP contribution in [0.15, 0.2) is 241 Å². The molecule has 11 aromatic carbocycles. The van der Waals surface area contributed by atoms with E-state index in [0.29, 0.717) is 0 Å². The van der Waals surface area contributed by atoms with Gasteiger partial charge in [-0.05, 0) is 156 Å². The van der Waals surface area contributed by atoms with Gasteiger partial charge in [0.25, 0.3) is 0 Å². The van der Waals surface area contributed by atoms with Crippen molar-refractivity contribution >= 4 is 49.8 Å². The summed E-state index contributed by atoms with van der Waals surface area (Å²) in [4.78, 5) is 2.46. The highest BCUT2D eigenvalue weighted by atomic mass is 16.3. The quantitative estimate of drug-likeness (QED) is 0.165. The van der Waals surface area contributed by atoms with Crippen LogP contribution in [0.2, 0.25) is 0 Å². The molecule has 1 unspecified atom stereocenters. The summed E-state index contributed by atoms with van der Waals surface area (Å²) < 4.78 is 6.63. The number of aryl methyl sites for hydroxylation is 1. The predicted molar refractivity (Wildman–Crippen MR) is 300 cm³/mol. The third-order valence-corrected chi connectivity index (χ3v) is 16.7. The van der Waals surface area contributed by atoms with Gasteiger partial charge in [-0.2, -0.15) is 0 Å². The molecule has 1 aromatic heterocycles. The Bertz CT molecular complexity index is 4190. The second kappa shape index (κ2) is 15.4. The number of anilines is 3. The van der Waals surface area contributed by atoms with Crippen LogP contribution >= 0.6 is 0 Å². The van der Waals surface area contributed by atoms with Crippen LogP contribution in [-0.4, -0.2) is 0 Å². The molecule has 0 bridgehead atoms. The highest BCUT2D eigenvalue weighted by Gasteiger charge is 2.48. The molecule has 0 aliphatic heterocycles. The maximum Gasteiger partial charge on any atom is 0.143 e. The number of rotatable bonds is 6. The fourth-order valence-electron chi connectivity index (χ4n) is 13.5. The summed E-state index contributed by atoms with van der Waals surface area (Å²) in [6, 6.07) is 88.1. The topological polar surface area (TPSA) is 16.4 Å². The van der Waals surface area contributed by atoms with Gasteiger partial charge in [0.2, 0.25) is 0 Å². The Morgan fingerprint density at radius 3 is 1.72 bits per heavy atom. The van der Waals surface area contributed by atoms with Gasteiger partial charge in [0, 0.05) is 44.1 Å². The number of hydrogen-bond acceptors (Lipinski definition) is 2. The van der Waals surface area contributed by atoms with Crippen LogP contribution in [0.25, 0.3) is 88.3 Å². The number of hydrogen-bond donors (Lipinski definition) is 0. The van der Waals surface area contributed by atoms with Gasteiger partial charge < -0.3 is 9.32 Å². The first-order valence-electron chi connectivity index (χ1n) is 25.5. The summed E-state index contributed by atoms with van der Waals surface area (Å²) in [5.74, 6) is 0. The van der Waals surface area contributed by atoms with Gasteiger partial charge in [-0.15, -0.1) is 0 Å². The van der Waals surface area contributed by atoms with Crippen LogP contribution in [-0.2, 0) is 17.3 Å². The Morgan fingerprint density at radius 1 is 0.389 bits per heavy atom. The SMILES string of the molecule is CC1(C)c2ccccc2-c2cccc(-c3ccccc3-c3ccc(N(c4ccc(-c5cccc6oc7c8ccccc8ccc7c56)cc4)c4ccc5c(c4)C4(CCc6ccccc64)c4ccccc4-5)cc3)c21. The van der Waals surface area contributed by atoms with E-state index in [-0.39, 0.29) is 10.8 Å². The highest BCUT2D eigenvalue weighted by molar-refractivity contribution is 6.19. The molecule has 0 saturated carbocycles. The minimum atomic E-state index is -0.202. The van der Waals surface area contributed by atoms with Gasteiger partial charge >= 0.3 is 0 Å². The Hall–Kier alpha value is -8.72. The molecular formula is C70H49NO. The zero-order valence-corrected chi connectivity index (χ0v) is 40.3. The van der Waals surface area contributed by atoms with Crippen LogP contribution < -0.4 is 4.90 Å². The van der Waals surface area contributed by atoms with E-state index in [1.54, 1.807) is 0 Å². The molecule has 2 heteroatoms. The lowest BCUT2D eigenvalue weighted by atomic mass is 9.73. The summed E-state index contributed by atoms with van der Waals surface area (Å²) in [7, 11) is 0. The summed E-state index contributed by atoms with van der Waals surface area (Å²) in [6.07, 6.45) is 2.12. The largest absolute Gasteiger partial charge is 0.455 e. The monoisotopic (exact) mass is 919 g/mol. The molecule has 15 rings (SSSR count). The number of nitrogens with zero attached hydrogens (tertiary/aromatic N) is 1. The van der Waals surface area contributed by atoms with Crippen LogP contribution in [0, 0.1) is 0 Å². The molecule has 3 aliphatic carbocycles. The lowest BCUT2D eigenvalue weighted by molar-refractivity contribution is 0.626. The van der Waals surface area contributed by atoms with E-state index >= 15 is 0 Å². The smallest absolute Gasteiger partial charge is 0.143 e. The van der Waals surface area contributed by atoms with Gasteiger partial charge in [0.15, 0.2) is 0 Å². The van der Waals surface area contributed by atoms with Gasteiger partial charge in [-0.25, -0.2) is 0 Å². The number of furan rings is 1. The Balaban J connectivity index is 0.875. The summed E-state index contributed by atoms with van der Waals surface area (Å²) in [5, 5.41) is 4.60. The maximum atomic E-state index is 6.63. The molecule has 340 valence electrons. The Morgan fingerprint density at radius 2 is 0.944 bits per heavy atom. The van der Waals surface area contributed by atoms with E-state index in [0.717, 1.165) is 68.4 Å². The van der Waals surface area contributed by atoms with Crippen molar-refractivity contribution in [3.63, 3.8) is 0 Å². The third kappa shape index (κ3) is 5.78. The minimum absolute atomic E-state index is 0.125. The summed E-state index contributed by atoms with van der Waals surface area (Å²) in [6.45, 7) is 4.76. The fourth-order valence-corrected chi connectivity index (χ4v) is 13.5. The fraction of sp³-hybridized carbons (Fsp3) is 0.0857. The first-order valence-corrected chi connectivity index (χ1v) is 25.5. The molecule has 0 fully saturated rings. The van der Waals surface area contributed by atoms with E-state index in [4.69, 9.17) is 4.42 Å². The van der Waals surface area contributed by atoms with Crippen molar-refractivity contribution in [1.29, 1.82) is 0 Å². The van der Waals surface area contributed by atoms with Gasteiger partial charge in [-0.1, -0.05) is 202 Å². The molecule has 3 aliphatic rings. The predicted octanol–water partition coefficient (Wildman–Crippen LogP) is 18.8. The van der Waals surface area contributed by atoms with Crippen LogP contribution in [0.3, 0.4) is 0 Å². The van der Waals surface area contributed by atoms with Crippen LogP contribution in [0.5, 0.6) is 0 Å². The van der Waals surface area contributed by atoms with Crippen molar-refractivity contribution in [2.24, 2.45) is 0 Å². The normalized spacial score (nSPS) is 15.7. The molecule has 0 radical (unpaired) electrons. The average Bonchev–Trinajstić information content (AvgIpc) is 4.17. The molecule has 0 N–H and O–H groups in total. The van der Waals surface area contributed by atoms with E-state index in [2.05, 4.69) is 255 Å². The number of benzene rings is 11. The Labute approximate surface area is 420 Å². The minimum Gasteiger partial charge on any atom is -0.455 e. The van der Waals surface area contributed by atoms with Crippen molar-refractivity contribution in [2.45, 2.75) is 37.5 Å². The second-order valence-corrected chi connectivity index (χ2v) is 20.7. The van der Waals surface area contributed by atoms with Crippen molar-refractivity contribution < 1.29 is 4.42 Å². The van der Waals surface area contributed by atoms with Gasteiger partial charge in [0.05, 0.1) is 0 Å². The average molecular weight is 920 g/mol. The summed E-state index contributed by atoms with van der Waals surface area (Å²) >= 11 is 0. The van der Waals surface area contributed by atoms with E-state index in [9.17, 15) is 0 Å². The molecular weight excluding hydrogens is 871 g/mol.